The SMILES string of the molecule is COc1cc(C)c(S(=O)(=O)NCCCOC2CCCC2)cc1C. The summed E-state index contributed by atoms with van der Waals surface area (Å²) < 4.78 is 38.5. The average molecular weight is 341 g/mol. The summed E-state index contributed by atoms with van der Waals surface area (Å²) in [5.74, 6) is 0.700. The first-order chi connectivity index (χ1) is 10.9. The van der Waals surface area contributed by atoms with Crippen molar-refractivity contribution in [3.8, 4) is 5.75 Å². The predicted octanol–water partition coefficient (Wildman–Crippen LogP) is 2.94. The summed E-state index contributed by atoms with van der Waals surface area (Å²) in [4.78, 5) is 0.313. The molecule has 0 radical (unpaired) electrons. The molecule has 0 spiro atoms. The van der Waals surface area contributed by atoms with E-state index in [4.69, 9.17) is 9.47 Å². The Morgan fingerprint density at radius 2 is 1.87 bits per heavy atom. The second kappa shape index (κ2) is 8.13. The molecule has 1 N–H and O–H groups in total. The van der Waals surface area contributed by atoms with Crippen LogP contribution in [0.25, 0.3) is 0 Å². The van der Waals surface area contributed by atoms with E-state index in [9.17, 15) is 8.42 Å². The standard InChI is InChI=1S/C17H27NO4S/c1-13-12-17(14(2)11-16(13)21-3)23(19,20)18-9-6-10-22-15-7-4-5-8-15/h11-12,15,18H,4-10H2,1-3H3. The van der Waals surface area contributed by atoms with E-state index in [1.165, 1.54) is 12.8 Å². The first kappa shape index (κ1) is 18.2. The lowest BCUT2D eigenvalue weighted by Crippen LogP contribution is -2.26. The molecule has 0 atom stereocenters. The Balaban J connectivity index is 1.87. The molecule has 0 amide bonds. The second-order valence-electron chi connectivity index (χ2n) is 6.12. The van der Waals surface area contributed by atoms with Crippen LogP contribution >= 0.6 is 0 Å². The molecule has 6 heteroatoms. The Morgan fingerprint density at radius 1 is 1.17 bits per heavy atom. The third-order valence-electron chi connectivity index (χ3n) is 4.25. The van der Waals surface area contributed by atoms with E-state index >= 15 is 0 Å². The normalized spacial score (nSPS) is 16.0. The zero-order chi connectivity index (χ0) is 16.9. The Bertz CT molecular complexity index is 622. The number of ether oxygens (including phenoxy) is 2. The lowest BCUT2D eigenvalue weighted by molar-refractivity contribution is 0.0575. The maximum absolute atomic E-state index is 12.4. The van der Waals surface area contributed by atoms with Gasteiger partial charge in [-0.05, 0) is 56.4 Å². The molecule has 23 heavy (non-hydrogen) atoms. The fraction of sp³-hybridized carbons (Fsp3) is 0.647. The molecule has 2 rings (SSSR count). The van der Waals surface area contributed by atoms with Crippen molar-refractivity contribution in [1.82, 2.24) is 4.72 Å². The summed E-state index contributed by atoms with van der Waals surface area (Å²) in [6.45, 7) is 4.61. The molecule has 5 nitrogen and oxygen atoms in total. The Hall–Kier alpha value is -1.11. The van der Waals surface area contributed by atoms with Gasteiger partial charge >= 0.3 is 0 Å². The maximum Gasteiger partial charge on any atom is 0.240 e. The van der Waals surface area contributed by atoms with Gasteiger partial charge in [-0.3, -0.25) is 0 Å². The maximum atomic E-state index is 12.4. The summed E-state index contributed by atoms with van der Waals surface area (Å²) in [6.07, 6.45) is 5.81. The molecule has 0 heterocycles. The molecular formula is C17H27NO4S. The highest BCUT2D eigenvalue weighted by atomic mass is 32.2. The highest BCUT2D eigenvalue weighted by Gasteiger charge is 2.19. The number of rotatable bonds is 8. The van der Waals surface area contributed by atoms with E-state index in [2.05, 4.69) is 4.72 Å². The van der Waals surface area contributed by atoms with Crippen molar-refractivity contribution in [2.45, 2.75) is 57.0 Å². The van der Waals surface area contributed by atoms with Crippen LogP contribution < -0.4 is 9.46 Å². The van der Waals surface area contributed by atoms with Gasteiger partial charge in [0.1, 0.15) is 5.75 Å². The molecule has 0 aliphatic heterocycles. The second-order valence-corrected chi connectivity index (χ2v) is 7.85. The van der Waals surface area contributed by atoms with Crippen LogP contribution in [-0.4, -0.2) is 34.8 Å². The van der Waals surface area contributed by atoms with Crippen LogP contribution in [0, 0.1) is 13.8 Å². The lowest BCUT2D eigenvalue weighted by Gasteiger charge is -2.14. The molecule has 130 valence electrons. The van der Waals surface area contributed by atoms with Gasteiger partial charge in [0.25, 0.3) is 0 Å². The van der Waals surface area contributed by atoms with Gasteiger partial charge in [-0.2, -0.15) is 0 Å². The fourth-order valence-electron chi connectivity index (χ4n) is 2.93. The van der Waals surface area contributed by atoms with Gasteiger partial charge in [-0.1, -0.05) is 12.8 Å². The molecule has 0 bridgehead atoms. The van der Waals surface area contributed by atoms with Gasteiger partial charge in [0.15, 0.2) is 0 Å². The van der Waals surface area contributed by atoms with Crippen LogP contribution in [-0.2, 0) is 14.8 Å². The molecule has 1 fully saturated rings. The number of hydrogen-bond acceptors (Lipinski definition) is 4. The van der Waals surface area contributed by atoms with Gasteiger partial charge in [0.05, 0.1) is 18.1 Å². The number of methoxy groups -OCH3 is 1. The Labute approximate surface area is 139 Å². The molecule has 1 saturated carbocycles. The van der Waals surface area contributed by atoms with E-state index in [0.717, 1.165) is 18.4 Å². The van der Waals surface area contributed by atoms with Crippen LogP contribution in [0.3, 0.4) is 0 Å². The number of sulfonamides is 1. The van der Waals surface area contributed by atoms with Gasteiger partial charge in [-0.15, -0.1) is 0 Å². The van der Waals surface area contributed by atoms with E-state index < -0.39 is 10.0 Å². The topological polar surface area (TPSA) is 64.6 Å². The zero-order valence-corrected chi connectivity index (χ0v) is 15.0. The zero-order valence-electron chi connectivity index (χ0n) is 14.2. The van der Waals surface area contributed by atoms with Crippen LogP contribution in [0.15, 0.2) is 17.0 Å². The van der Waals surface area contributed by atoms with Crippen molar-refractivity contribution in [3.05, 3.63) is 23.3 Å². The first-order valence-corrected chi connectivity index (χ1v) is 9.69. The highest BCUT2D eigenvalue weighted by molar-refractivity contribution is 7.89. The summed E-state index contributed by atoms with van der Waals surface area (Å²) >= 11 is 0. The van der Waals surface area contributed by atoms with Gasteiger partial charge < -0.3 is 9.47 Å². The smallest absolute Gasteiger partial charge is 0.240 e. The molecule has 1 aromatic rings. The lowest BCUT2D eigenvalue weighted by atomic mass is 10.1. The number of nitrogens with one attached hydrogen (secondary N) is 1. The first-order valence-electron chi connectivity index (χ1n) is 8.20. The van der Waals surface area contributed by atoms with E-state index in [1.807, 2.05) is 6.92 Å². The third kappa shape index (κ3) is 4.93. The van der Waals surface area contributed by atoms with Crippen molar-refractivity contribution in [2.24, 2.45) is 0 Å². The molecule has 1 aliphatic carbocycles. The number of hydrogen-bond donors (Lipinski definition) is 1. The molecule has 0 aromatic heterocycles. The number of aryl methyl sites for hydroxylation is 2. The summed E-state index contributed by atoms with van der Waals surface area (Å²) in [7, 11) is -1.92. The minimum Gasteiger partial charge on any atom is -0.496 e. The van der Waals surface area contributed by atoms with Gasteiger partial charge in [0, 0.05) is 13.2 Å². The molecule has 1 aromatic carbocycles. The van der Waals surface area contributed by atoms with E-state index in [0.29, 0.717) is 41.9 Å². The summed E-state index contributed by atoms with van der Waals surface area (Å²) in [5.41, 5.74) is 1.49. The predicted molar refractivity (Wildman–Crippen MR) is 90.5 cm³/mol. The molecule has 0 saturated heterocycles. The van der Waals surface area contributed by atoms with Crippen molar-refractivity contribution in [1.29, 1.82) is 0 Å². The minimum absolute atomic E-state index is 0.313. The van der Waals surface area contributed by atoms with Gasteiger partial charge in [0.2, 0.25) is 10.0 Å². The van der Waals surface area contributed by atoms with Crippen molar-refractivity contribution in [2.75, 3.05) is 20.3 Å². The van der Waals surface area contributed by atoms with Crippen molar-refractivity contribution >= 4 is 10.0 Å². The van der Waals surface area contributed by atoms with Crippen LogP contribution in [0.2, 0.25) is 0 Å². The Morgan fingerprint density at radius 3 is 2.52 bits per heavy atom. The van der Waals surface area contributed by atoms with Crippen LogP contribution in [0.5, 0.6) is 5.75 Å². The van der Waals surface area contributed by atoms with E-state index in [1.54, 1.807) is 26.2 Å². The molecule has 1 aliphatic rings. The summed E-state index contributed by atoms with van der Waals surface area (Å²) in [5, 5.41) is 0. The fourth-order valence-corrected chi connectivity index (χ4v) is 4.32. The van der Waals surface area contributed by atoms with Crippen LogP contribution in [0.1, 0.15) is 43.2 Å². The average Bonchev–Trinajstić information content (AvgIpc) is 3.02. The Kier molecular flexibility index (Phi) is 6.44. The van der Waals surface area contributed by atoms with Gasteiger partial charge in [-0.25, -0.2) is 13.1 Å². The van der Waals surface area contributed by atoms with E-state index in [-0.39, 0.29) is 0 Å². The van der Waals surface area contributed by atoms with Crippen molar-refractivity contribution < 1.29 is 17.9 Å². The largest absolute Gasteiger partial charge is 0.496 e. The number of benzene rings is 1. The molecule has 0 unspecified atom stereocenters. The third-order valence-corrected chi connectivity index (χ3v) is 5.85. The summed E-state index contributed by atoms with van der Waals surface area (Å²) in [6, 6.07) is 3.42. The molecular weight excluding hydrogens is 314 g/mol. The quantitative estimate of drug-likeness (QED) is 0.738. The minimum atomic E-state index is -3.50. The highest BCUT2D eigenvalue weighted by Crippen LogP contribution is 2.25. The van der Waals surface area contributed by atoms with Crippen LogP contribution in [0.4, 0.5) is 0 Å². The monoisotopic (exact) mass is 341 g/mol. The van der Waals surface area contributed by atoms with Crippen molar-refractivity contribution in [3.63, 3.8) is 0 Å².